The van der Waals surface area contributed by atoms with Crippen LogP contribution in [0.3, 0.4) is 0 Å². The van der Waals surface area contributed by atoms with E-state index in [1.807, 2.05) is 43.3 Å². The quantitative estimate of drug-likeness (QED) is 0.737. The molecule has 5 heteroatoms. The lowest BCUT2D eigenvalue weighted by atomic mass is 9.93. The minimum Gasteiger partial charge on any atom is -0.348 e. The first kappa shape index (κ1) is 17.2. The number of nitrogens with one attached hydrogen (secondary N) is 2. The van der Waals surface area contributed by atoms with E-state index in [4.69, 9.17) is 0 Å². The van der Waals surface area contributed by atoms with Crippen LogP contribution in [0.1, 0.15) is 45.7 Å². The normalized spacial score (nSPS) is 13.8. The summed E-state index contributed by atoms with van der Waals surface area (Å²) in [5.74, 6) is -0.499. The van der Waals surface area contributed by atoms with Crippen LogP contribution < -0.4 is 10.6 Å². The Bertz CT molecular complexity index is 1020. The van der Waals surface area contributed by atoms with Gasteiger partial charge in [-0.15, -0.1) is 0 Å². The number of pyridine rings is 1. The summed E-state index contributed by atoms with van der Waals surface area (Å²) < 4.78 is 0. The molecule has 4 rings (SSSR count). The van der Waals surface area contributed by atoms with E-state index < -0.39 is 0 Å². The summed E-state index contributed by atoms with van der Waals surface area (Å²) in [5, 5.41) is 7.77. The lowest BCUT2D eigenvalue weighted by Gasteiger charge is -2.26. The minimum absolute atomic E-state index is 0.212. The van der Waals surface area contributed by atoms with Crippen molar-refractivity contribution in [2.75, 3.05) is 5.32 Å². The van der Waals surface area contributed by atoms with Gasteiger partial charge in [0, 0.05) is 17.8 Å². The number of anilines is 1. The molecule has 27 heavy (non-hydrogen) atoms. The van der Waals surface area contributed by atoms with Crippen molar-refractivity contribution in [2.45, 2.75) is 32.2 Å². The van der Waals surface area contributed by atoms with E-state index in [9.17, 15) is 9.59 Å². The van der Waals surface area contributed by atoms with Crippen molar-refractivity contribution in [3.8, 4) is 0 Å². The first-order chi connectivity index (χ1) is 13.1. The van der Waals surface area contributed by atoms with Crippen LogP contribution in [0.15, 0.2) is 54.7 Å². The zero-order chi connectivity index (χ0) is 18.8. The Morgan fingerprint density at radius 3 is 2.48 bits per heavy atom. The van der Waals surface area contributed by atoms with Crippen molar-refractivity contribution in [1.29, 1.82) is 0 Å². The first-order valence-electron chi connectivity index (χ1n) is 9.19. The molecule has 0 unspecified atom stereocenters. The van der Waals surface area contributed by atoms with Crippen molar-refractivity contribution in [1.82, 2.24) is 10.3 Å². The Morgan fingerprint density at radius 2 is 1.74 bits per heavy atom. The average Bonchev–Trinajstić information content (AvgIpc) is 2.65. The maximum Gasteiger partial charge on any atom is 0.272 e. The predicted molar refractivity (Wildman–Crippen MR) is 106 cm³/mol. The number of benzene rings is 2. The SMILES string of the molecule is Cc1ccc(C(=O)Nc2cccnc2C(=O)NC2CCC2)c2ccccc12. The maximum atomic E-state index is 12.9. The summed E-state index contributed by atoms with van der Waals surface area (Å²) in [6.45, 7) is 2.02. The minimum atomic E-state index is -0.253. The summed E-state index contributed by atoms with van der Waals surface area (Å²) >= 11 is 0. The Kier molecular flexibility index (Phi) is 4.59. The fourth-order valence-electron chi connectivity index (χ4n) is 3.33. The van der Waals surface area contributed by atoms with Crippen molar-refractivity contribution < 1.29 is 9.59 Å². The fourth-order valence-corrected chi connectivity index (χ4v) is 3.33. The molecule has 0 atom stereocenters. The topological polar surface area (TPSA) is 71.1 Å². The molecule has 1 heterocycles. The van der Waals surface area contributed by atoms with Crippen LogP contribution in [-0.2, 0) is 0 Å². The Hall–Kier alpha value is -3.21. The van der Waals surface area contributed by atoms with Crippen LogP contribution in [0, 0.1) is 6.92 Å². The number of aromatic nitrogens is 1. The van der Waals surface area contributed by atoms with Crippen LogP contribution in [0.4, 0.5) is 5.69 Å². The molecule has 5 nitrogen and oxygen atoms in total. The van der Waals surface area contributed by atoms with Gasteiger partial charge in [0.05, 0.1) is 5.69 Å². The van der Waals surface area contributed by atoms with Gasteiger partial charge in [-0.1, -0.05) is 30.3 Å². The van der Waals surface area contributed by atoms with Crippen LogP contribution in [0.5, 0.6) is 0 Å². The number of hydrogen-bond acceptors (Lipinski definition) is 3. The third-order valence-electron chi connectivity index (χ3n) is 5.10. The smallest absolute Gasteiger partial charge is 0.272 e. The largest absolute Gasteiger partial charge is 0.348 e. The number of hydrogen-bond donors (Lipinski definition) is 2. The molecule has 3 aromatic rings. The molecular formula is C22H21N3O2. The molecule has 0 spiro atoms. The van der Waals surface area contributed by atoms with Crippen molar-refractivity contribution in [2.24, 2.45) is 0 Å². The molecule has 0 bridgehead atoms. The predicted octanol–water partition coefficient (Wildman–Crippen LogP) is 4.08. The van der Waals surface area contributed by atoms with Crippen LogP contribution in [0.25, 0.3) is 10.8 Å². The van der Waals surface area contributed by atoms with Gasteiger partial charge < -0.3 is 10.6 Å². The summed E-state index contributed by atoms with van der Waals surface area (Å²) in [7, 11) is 0. The van der Waals surface area contributed by atoms with Crippen molar-refractivity contribution in [3.63, 3.8) is 0 Å². The lowest BCUT2D eigenvalue weighted by Crippen LogP contribution is -2.40. The Morgan fingerprint density at radius 1 is 0.963 bits per heavy atom. The molecule has 2 amide bonds. The molecule has 1 fully saturated rings. The van der Waals surface area contributed by atoms with E-state index in [0.29, 0.717) is 11.3 Å². The van der Waals surface area contributed by atoms with Gasteiger partial charge in [-0.3, -0.25) is 9.59 Å². The second-order valence-electron chi connectivity index (χ2n) is 6.93. The van der Waals surface area contributed by atoms with Crippen LogP contribution in [0.2, 0.25) is 0 Å². The van der Waals surface area contributed by atoms with E-state index in [-0.39, 0.29) is 23.6 Å². The Labute approximate surface area is 157 Å². The highest BCUT2D eigenvalue weighted by Crippen LogP contribution is 2.24. The average molecular weight is 359 g/mol. The van der Waals surface area contributed by atoms with Crippen LogP contribution >= 0.6 is 0 Å². The molecular weight excluding hydrogens is 338 g/mol. The molecule has 1 aromatic heterocycles. The zero-order valence-corrected chi connectivity index (χ0v) is 15.2. The number of amides is 2. The van der Waals surface area contributed by atoms with E-state index in [2.05, 4.69) is 15.6 Å². The molecule has 1 aliphatic carbocycles. The van der Waals surface area contributed by atoms with Gasteiger partial charge >= 0.3 is 0 Å². The van der Waals surface area contributed by atoms with Crippen molar-refractivity contribution in [3.05, 3.63) is 71.5 Å². The molecule has 1 aliphatic rings. The van der Waals surface area contributed by atoms with Gasteiger partial charge in [0.2, 0.25) is 0 Å². The van der Waals surface area contributed by atoms with E-state index in [0.717, 1.165) is 35.6 Å². The number of rotatable bonds is 4. The van der Waals surface area contributed by atoms with Crippen molar-refractivity contribution >= 4 is 28.3 Å². The lowest BCUT2D eigenvalue weighted by molar-refractivity contribution is 0.0913. The molecule has 2 aromatic carbocycles. The van der Waals surface area contributed by atoms with Gasteiger partial charge in [-0.2, -0.15) is 0 Å². The van der Waals surface area contributed by atoms with E-state index in [1.54, 1.807) is 18.3 Å². The second kappa shape index (κ2) is 7.19. The number of nitrogens with zero attached hydrogens (tertiary/aromatic N) is 1. The Balaban J connectivity index is 1.62. The van der Waals surface area contributed by atoms with E-state index >= 15 is 0 Å². The number of aryl methyl sites for hydroxylation is 1. The molecule has 1 saturated carbocycles. The van der Waals surface area contributed by atoms with Gasteiger partial charge in [0.15, 0.2) is 5.69 Å². The highest BCUT2D eigenvalue weighted by molar-refractivity contribution is 6.15. The summed E-state index contributed by atoms with van der Waals surface area (Å²) in [5.41, 5.74) is 2.35. The fraction of sp³-hybridized carbons (Fsp3) is 0.227. The van der Waals surface area contributed by atoms with E-state index in [1.165, 1.54) is 0 Å². The molecule has 136 valence electrons. The van der Waals surface area contributed by atoms with Crippen LogP contribution in [-0.4, -0.2) is 22.8 Å². The zero-order valence-electron chi connectivity index (χ0n) is 15.2. The highest BCUT2D eigenvalue weighted by atomic mass is 16.2. The number of carbonyl (C=O) groups excluding carboxylic acids is 2. The number of carbonyl (C=O) groups is 2. The maximum absolute atomic E-state index is 12.9. The van der Waals surface area contributed by atoms with Gasteiger partial charge in [0.1, 0.15) is 0 Å². The number of fused-ring (bicyclic) bond motifs is 1. The monoisotopic (exact) mass is 359 g/mol. The second-order valence-corrected chi connectivity index (χ2v) is 6.93. The third-order valence-corrected chi connectivity index (χ3v) is 5.10. The third kappa shape index (κ3) is 3.40. The molecule has 0 radical (unpaired) electrons. The molecule has 2 N–H and O–H groups in total. The molecule has 0 saturated heterocycles. The van der Waals surface area contributed by atoms with Gasteiger partial charge in [-0.05, 0) is 60.7 Å². The highest BCUT2D eigenvalue weighted by Gasteiger charge is 2.23. The molecule has 0 aliphatic heterocycles. The first-order valence-corrected chi connectivity index (χ1v) is 9.19. The summed E-state index contributed by atoms with van der Waals surface area (Å²) in [4.78, 5) is 29.6. The standard InChI is InChI=1S/C22H21N3O2/c1-14-11-12-18(17-9-3-2-8-16(14)17)21(26)25-19-10-5-13-23-20(19)22(27)24-15-6-4-7-15/h2-3,5,8-13,15H,4,6-7H2,1H3,(H,24,27)(H,25,26). The summed E-state index contributed by atoms with van der Waals surface area (Å²) in [6, 6.07) is 15.2. The summed E-state index contributed by atoms with van der Waals surface area (Å²) in [6.07, 6.45) is 4.69. The van der Waals surface area contributed by atoms with Gasteiger partial charge in [0.25, 0.3) is 11.8 Å². The van der Waals surface area contributed by atoms with Gasteiger partial charge in [-0.25, -0.2) is 4.98 Å².